The molecule has 2 aromatic rings. The number of sulfone groups is 1. The summed E-state index contributed by atoms with van der Waals surface area (Å²) in [5.41, 5.74) is -0.504. The molecule has 1 aromatic heterocycles. The molecule has 2 N–H and O–H groups in total. The molecule has 0 saturated heterocycles. The number of benzene rings is 1. The average Bonchev–Trinajstić information content (AvgIpc) is 3.11. The molecular formula is C23H29NO5S2. The largest absolute Gasteiger partial charge is 0.478 e. The Morgan fingerprint density at radius 3 is 2.32 bits per heavy atom. The molecule has 1 aromatic carbocycles. The summed E-state index contributed by atoms with van der Waals surface area (Å²) in [7, 11) is -3.50. The van der Waals surface area contributed by atoms with Gasteiger partial charge in [0.2, 0.25) is 0 Å². The van der Waals surface area contributed by atoms with Crippen molar-refractivity contribution >= 4 is 37.9 Å². The number of aromatic carboxylic acids is 1. The second-order valence-corrected chi connectivity index (χ2v) is 12.1. The highest BCUT2D eigenvalue weighted by atomic mass is 32.2. The van der Waals surface area contributed by atoms with Crippen molar-refractivity contribution in [3.63, 3.8) is 0 Å². The zero-order chi connectivity index (χ0) is 22.8. The molecule has 1 heterocycles. The lowest BCUT2D eigenvalue weighted by Crippen LogP contribution is -2.52. The van der Waals surface area contributed by atoms with Crippen LogP contribution in [-0.2, 0) is 14.6 Å². The Morgan fingerprint density at radius 1 is 1.16 bits per heavy atom. The highest BCUT2D eigenvalue weighted by Crippen LogP contribution is 2.39. The summed E-state index contributed by atoms with van der Waals surface area (Å²) in [6.45, 7) is 3.74. The zero-order valence-electron chi connectivity index (χ0n) is 18.1. The summed E-state index contributed by atoms with van der Waals surface area (Å²) in [6.07, 6.45) is 4.43. The quantitative estimate of drug-likeness (QED) is 0.587. The predicted octanol–water partition coefficient (Wildman–Crippen LogP) is 4.72. The molecule has 8 heteroatoms. The standard InChI is InChI=1S/C23H29NO5S2/c1-15-9-11-17(12-10-15)20(25)23(2,14-31(3,28)29)24-21-18(22(26)27)13-19(30-21)16-7-5-4-6-8-16/h4-8,13,15,17,24H,9-12,14H2,1-3H3,(H,26,27)/t15-,17-,23?. The van der Waals surface area contributed by atoms with Crippen molar-refractivity contribution in [2.45, 2.75) is 45.1 Å². The number of hydrogen-bond donors (Lipinski definition) is 2. The van der Waals surface area contributed by atoms with Gasteiger partial charge < -0.3 is 10.4 Å². The number of carbonyl (C=O) groups excluding carboxylic acids is 1. The number of carboxylic acids is 1. The number of thiophene rings is 1. The van der Waals surface area contributed by atoms with Crippen molar-refractivity contribution in [2.24, 2.45) is 11.8 Å². The van der Waals surface area contributed by atoms with Gasteiger partial charge in [-0.1, -0.05) is 50.1 Å². The molecule has 31 heavy (non-hydrogen) atoms. The second kappa shape index (κ2) is 9.12. The fourth-order valence-corrected chi connectivity index (χ4v) is 6.75. The molecule has 0 radical (unpaired) electrons. The van der Waals surface area contributed by atoms with Gasteiger partial charge in [-0.15, -0.1) is 11.3 Å². The summed E-state index contributed by atoms with van der Waals surface area (Å²) in [5, 5.41) is 13.1. The van der Waals surface area contributed by atoms with Crippen LogP contribution in [0.3, 0.4) is 0 Å². The highest BCUT2D eigenvalue weighted by Gasteiger charge is 2.42. The van der Waals surface area contributed by atoms with Crippen molar-refractivity contribution in [1.82, 2.24) is 0 Å². The van der Waals surface area contributed by atoms with Gasteiger partial charge in [0.1, 0.15) is 20.4 Å². The van der Waals surface area contributed by atoms with Crippen LogP contribution < -0.4 is 5.32 Å². The minimum Gasteiger partial charge on any atom is -0.478 e. The molecule has 168 valence electrons. The molecule has 1 saturated carbocycles. The van der Waals surface area contributed by atoms with Gasteiger partial charge in [-0.3, -0.25) is 4.79 Å². The smallest absolute Gasteiger partial charge is 0.338 e. The van der Waals surface area contributed by atoms with Crippen LogP contribution in [-0.4, -0.2) is 42.8 Å². The van der Waals surface area contributed by atoms with E-state index in [9.17, 15) is 23.1 Å². The Balaban J connectivity index is 1.98. The molecule has 3 rings (SSSR count). The van der Waals surface area contributed by atoms with Gasteiger partial charge in [-0.05, 0) is 37.3 Å². The Labute approximate surface area is 187 Å². The third kappa shape index (κ3) is 5.74. The molecule has 1 aliphatic rings. The van der Waals surface area contributed by atoms with E-state index < -0.39 is 21.3 Å². The van der Waals surface area contributed by atoms with Gasteiger partial charge in [-0.25, -0.2) is 13.2 Å². The predicted molar refractivity (Wildman–Crippen MR) is 125 cm³/mol. The van der Waals surface area contributed by atoms with Crippen molar-refractivity contribution in [1.29, 1.82) is 0 Å². The fraction of sp³-hybridized carbons (Fsp3) is 0.478. The van der Waals surface area contributed by atoms with E-state index in [1.165, 1.54) is 11.3 Å². The SMILES string of the molecule is CC(CS(C)(=O)=O)(Nc1sc(-c2ccccc2)cc1C(=O)O)C(=O)[C@H]1CC[C@H](C)CC1. The van der Waals surface area contributed by atoms with Crippen LogP contribution >= 0.6 is 11.3 Å². The summed E-state index contributed by atoms with van der Waals surface area (Å²) in [5.74, 6) is -1.33. The van der Waals surface area contributed by atoms with Crippen LogP contribution in [0.15, 0.2) is 36.4 Å². The monoisotopic (exact) mass is 463 g/mol. The van der Waals surface area contributed by atoms with E-state index in [1.54, 1.807) is 13.0 Å². The minimum absolute atomic E-state index is 0.0358. The maximum Gasteiger partial charge on any atom is 0.338 e. The van der Waals surface area contributed by atoms with Crippen LogP contribution in [0.5, 0.6) is 0 Å². The molecule has 1 atom stereocenters. The number of rotatable bonds is 8. The van der Waals surface area contributed by atoms with Gasteiger partial charge in [0.15, 0.2) is 5.78 Å². The average molecular weight is 464 g/mol. The van der Waals surface area contributed by atoms with Crippen molar-refractivity contribution < 1.29 is 23.1 Å². The molecule has 0 amide bonds. The van der Waals surface area contributed by atoms with Gasteiger partial charge >= 0.3 is 5.97 Å². The topological polar surface area (TPSA) is 101 Å². The van der Waals surface area contributed by atoms with E-state index in [2.05, 4.69) is 12.2 Å². The number of nitrogens with one attached hydrogen (secondary N) is 1. The summed E-state index contributed by atoms with van der Waals surface area (Å²) >= 11 is 1.22. The molecular weight excluding hydrogens is 434 g/mol. The molecule has 6 nitrogen and oxygen atoms in total. The number of carbonyl (C=O) groups is 2. The van der Waals surface area contributed by atoms with Crippen molar-refractivity contribution in [2.75, 3.05) is 17.3 Å². The Bertz CT molecular complexity index is 1050. The first-order chi connectivity index (χ1) is 14.5. The van der Waals surface area contributed by atoms with Crippen LogP contribution in [0.2, 0.25) is 0 Å². The van der Waals surface area contributed by atoms with Gasteiger partial charge in [0.05, 0.1) is 11.3 Å². The number of carboxylic acid groups (broad SMARTS) is 1. The maximum absolute atomic E-state index is 13.5. The lowest BCUT2D eigenvalue weighted by molar-refractivity contribution is -0.127. The number of ketones is 1. The van der Waals surface area contributed by atoms with E-state index in [0.717, 1.165) is 42.4 Å². The molecule has 0 bridgehead atoms. The first kappa shape index (κ1) is 23.5. The lowest BCUT2D eigenvalue weighted by Gasteiger charge is -2.35. The third-order valence-electron chi connectivity index (χ3n) is 5.89. The first-order valence-electron chi connectivity index (χ1n) is 10.4. The summed E-state index contributed by atoms with van der Waals surface area (Å²) in [4.78, 5) is 26.1. The third-order valence-corrected chi connectivity index (χ3v) is 8.09. The Hall–Kier alpha value is -2.19. The number of hydrogen-bond acceptors (Lipinski definition) is 6. The number of anilines is 1. The maximum atomic E-state index is 13.5. The Morgan fingerprint density at radius 2 is 1.77 bits per heavy atom. The van der Waals surface area contributed by atoms with Crippen LogP contribution in [0.1, 0.15) is 49.9 Å². The summed E-state index contributed by atoms with van der Waals surface area (Å²) in [6, 6.07) is 10.9. The normalized spacial score (nSPS) is 21.3. The second-order valence-electron chi connectivity index (χ2n) is 8.87. The van der Waals surface area contributed by atoms with Crippen molar-refractivity contribution in [3.8, 4) is 10.4 Å². The van der Waals surface area contributed by atoms with E-state index in [0.29, 0.717) is 10.9 Å². The van der Waals surface area contributed by atoms with E-state index >= 15 is 0 Å². The Kier molecular flexibility index (Phi) is 6.91. The molecule has 1 unspecified atom stereocenters. The summed E-state index contributed by atoms with van der Waals surface area (Å²) < 4.78 is 24.4. The number of Topliss-reactive ketones (excluding diaryl/α,β-unsaturated/α-hetero) is 1. The first-order valence-corrected chi connectivity index (χ1v) is 13.3. The van der Waals surface area contributed by atoms with Crippen LogP contribution in [0.25, 0.3) is 10.4 Å². The lowest BCUT2D eigenvalue weighted by atomic mass is 9.76. The van der Waals surface area contributed by atoms with Crippen molar-refractivity contribution in [3.05, 3.63) is 42.0 Å². The molecule has 0 aliphatic heterocycles. The van der Waals surface area contributed by atoms with E-state index in [4.69, 9.17) is 0 Å². The van der Waals surface area contributed by atoms with Crippen LogP contribution in [0, 0.1) is 11.8 Å². The van der Waals surface area contributed by atoms with E-state index in [1.807, 2.05) is 30.3 Å². The van der Waals surface area contributed by atoms with Gasteiger partial charge in [0.25, 0.3) is 0 Å². The fourth-order valence-electron chi connectivity index (χ4n) is 4.30. The van der Waals surface area contributed by atoms with Crippen LogP contribution in [0.4, 0.5) is 5.00 Å². The highest BCUT2D eigenvalue weighted by molar-refractivity contribution is 7.90. The van der Waals surface area contributed by atoms with Gasteiger partial charge in [-0.2, -0.15) is 0 Å². The minimum atomic E-state index is -3.50. The molecule has 1 fully saturated rings. The molecule has 1 aliphatic carbocycles. The molecule has 0 spiro atoms. The van der Waals surface area contributed by atoms with E-state index in [-0.39, 0.29) is 23.0 Å². The zero-order valence-corrected chi connectivity index (χ0v) is 19.7. The van der Waals surface area contributed by atoms with Gasteiger partial charge in [0, 0.05) is 17.1 Å².